The highest BCUT2D eigenvalue weighted by Gasteiger charge is 2.17. The number of benzene rings is 3. The molecule has 1 saturated heterocycles. The van der Waals surface area contributed by atoms with Gasteiger partial charge in [-0.05, 0) is 42.0 Å². The third-order valence-corrected chi connectivity index (χ3v) is 5.45. The summed E-state index contributed by atoms with van der Waals surface area (Å²) in [6.45, 7) is 4.91. The fraction of sp³-hybridized carbons (Fsp3) is 0.208. The Bertz CT molecular complexity index is 1030. The van der Waals surface area contributed by atoms with Gasteiger partial charge in [0.25, 0.3) is 11.6 Å². The third kappa shape index (κ3) is 5.26. The predicted octanol–water partition coefficient (Wildman–Crippen LogP) is 4.17. The van der Waals surface area contributed by atoms with Gasteiger partial charge in [-0.15, -0.1) is 0 Å². The van der Waals surface area contributed by atoms with E-state index >= 15 is 0 Å². The number of anilines is 2. The zero-order valence-electron chi connectivity index (χ0n) is 17.1. The standard InChI is InChI=1S/C24H24N4O3/c29-24(20-6-10-23(11-7-20)28(30)31)25-21-8-12-22(13-9-21)27-16-14-26(15-17-27)18-19-4-2-1-3-5-19/h1-13H,14-18H2,(H,25,29). The van der Waals surface area contributed by atoms with Crippen molar-refractivity contribution in [2.75, 3.05) is 36.4 Å². The first-order valence-corrected chi connectivity index (χ1v) is 10.3. The van der Waals surface area contributed by atoms with E-state index in [1.54, 1.807) is 0 Å². The first-order chi connectivity index (χ1) is 15.1. The fourth-order valence-electron chi connectivity index (χ4n) is 3.70. The van der Waals surface area contributed by atoms with Crippen molar-refractivity contribution in [3.05, 3.63) is 100 Å². The fourth-order valence-corrected chi connectivity index (χ4v) is 3.70. The molecule has 3 aromatic rings. The van der Waals surface area contributed by atoms with Crippen molar-refractivity contribution in [2.45, 2.75) is 6.54 Å². The number of hydrogen-bond acceptors (Lipinski definition) is 5. The molecular formula is C24H24N4O3. The number of rotatable bonds is 6. The van der Waals surface area contributed by atoms with E-state index in [-0.39, 0.29) is 11.6 Å². The van der Waals surface area contributed by atoms with Crippen LogP contribution in [0.25, 0.3) is 0 Å². The van der Waals surface area contributed by atoms with Crippen molar-refractivity contribution in [3.8, 4) is 0 Å². The largest absolute Gasteiger partial charge is 0.369 e. The number of piperazine rings is 1. The molecule has 1 N–H and O–H groups in total. The second-order valence-electron chi connectivity index (χ2n) is 7.55. The van der Waals surface area contributed by atoms with Gasteiger partial charge in [-0.3, -0.25) is 19.8 Å². The number of carbonyl (C=O) groups excluding carboxylic acids is 1. The Morgan fingerprint density at radius 3 is 2.13 bits per heavy atom. The Hall–Kier alpha value is -3.71. The molecule has 31 heavy (non-hydrogen) atoms. The van der Waals surface area contributed by atoms with Gasteiger partial charge in [-0.1, -0.05) is 30.3 Å². The van der Waals surface area contributed by atoms with Crippen LogP contribution in [0, 0.1) is 10.1 Å². The second kappa shape index (κ2) is 9.40. The molecule has 0 radical (unpaired) electrons. The van der Waals surface area contributed by atoms with Crippen molar-refractivity contribution in [2.24, 2.45) is 0 Å². The van der Waals surface area contributed by atoms with Crippen LogP contribution in [0.1, 0.15) is 15.9 Å². The first-order valence-electron chi connectivity index (χ1n) is 10.3. The van der Waals surface area contributed by atoms with Gasteiger partial charge in [0.1, 0.15) is 0 Å². The molecule has 1 fully saturated rings. The number of nitrogens with one attached hydrogen (secondary N) is 1. The highest BCUT2D eigenvalue weighted by atomic mass is 16.6. The monoisotopic (exact) mass is 416 g/mol. The molecular weight excluding hydrogens is 392 g/mol. The molecule has 7 nitrogen and oxygen atoms in total. The van der Waals surface area contributed by atoms with Crippen LogP contribution < -0.4 is 10.2 Å². The minimum absolute atomic E-state index is 0.0373. The topological polar surface area (TPSA) is 78.7 Å². The van der Waals surface area contributed by atoms with Crippen LogP contribution in [0.4, 0.5) is 17.1 Å². The van der Waals surface area contributed by atoms with Crippen LogP contribution in [0.5, 0.6) is 0 Å². The molecule has 0 atom stereocenters. The van der Waals surface area contributed by atoms with Crippen LogP contribution >= 0.6 is 0 Å². The van der Waals surface area contributed by atoms with E-state index in [9.17, 15) is 14.9 Å². The average Bonchev–Trinajstić information content (AvgIpc) is 2.81. The number of nitro groups is 1. The highest BCUT2D eigenvalue weighted by Crippen LogP contribution is 2.21. The smallest absolute Gasteiger partial charge is 0.269 e. The van der Waals surface area contributed by atoms with E-state index in [1.807, 2.05) is 30.3 Å². The summed E-state index contributed by atoms with van der Waals surface area (Å²) < 4.78 is 0. The Morgan fingerprint density at radius 1 is 0.871 bits per heavy atom. The van der Waals surface area contributed by atoms with Crippen molar-refractivity contribution < 1.29 is 9.72 Å². The van der Waals surface area contributed by atoms with Crippen molar-refractivity contribution in [1.82, 2.24) is 4.90 Å². The van der Waals surface area contributed by atoms with Gasteiger partial charge < -0.3 is 10.2 Å². The number of hydrogen-bond donors (Lipinski definition) is 1. The summed E-state index contributed by atoms with van der Waals surface area (Å²) in [5.41, 5.74) is 3.50. The van der Waals surface area contributed by atoms with Crippen LogP contribution in [0.15, 0.2) is 78.9 Å². The van der Waals surface area contributed by atoms with E-state index in [4.69, 9.17) is 0 Å². The number of amides is 1. The molecule has 0 spiro atoms. The van der Waals surface area contributed by atoms with E-state index in [1.165, 1.54) is 29.8 Å². The predicted molar refractivity (Wildman–Crippen MR) is 121 cm³/mol. The molecule has 4 rings (SSSR count). The summed E-state index contributed by atoms with van der Waals surface area (Å²) in [4.78, 5) is 27.4. The highest BCUT2D eigenvalue weighted by molar-refractivity contribution is 6.04. The zero-order valence-corrected chi connectivity index (χ0v) is 17.1. The summed E-state index contributed by atoms with van der Waals surface area (Å²) in [6, 6.07) is 23.9. The Morgan fingerprint density at radius 2 is 1.52 bits per heavy atom. The lowest BCUT2D eigenvalue weighted by Gasteiger charge is -2.36. The van der Waals surface area contributed by atoms with Crippen LogP contribution in [0.2, 0.25) is 0 Å². The maximum absolute atomic E-state index is 12.4. The summed E-state index contributed by atoms with van der Waals surface area (Å²) in [7, 11) is 0. The summed E-state index contributed by atoms with van der Waals surface area (Å²) in [6.07, 6.45) is 0. The Kier molecular flexibility index (Phi) is 6.24. The third-order valence-electron chi connectivity index (χ3n) is 5.45. The van der Waals surface area contributed by atoms with Gasteiger partial charge >= 0.3 is 0 Å². The molecule has 1 amide bonds. The average molecular weight is 416 g/mol. The number of nitrogens with zero attached hydrogens (tertiary/aromatic N) is 3. The van der Waals surface area contributed by atoms with Crippen molar-refractivity contribution in [3.63, 3.8) is 0 Å². The van der Waals surface area contributed by atoms with E-state index in [0.717, 1.165) is 38.4 Å². The zero-order chi connectivity index (χ0) is 21.6. The molecule has 0 aromatic heterocycles. The molecule has 7 heteroatoms. The Labute approximate surface area is 181 Å². The van der Waals surface area contributed by atoms with E-state index < -0.39 is 4.92 Å². The van der Waals surface area contributed by atoms with Crippen molar-refractivity contribution >= 4 is 23.0 Å². The van der Waals surface area contributed by atoms with Gasteiger partial charge in [0, 0.05) is 61.8 Å². The lowest BCUT2D eigenvalue weighted by molar-refractivity contribution is -0.384. The quantitative estimate of drug-likeness (QED) is 0.482. The lowest BCUT2D eigenvalue weighted by Crippen LogP contribution is -2.45. The minimum Gasteiger partial charge on any atom is -0.369 e. The van der Waals surface area contributed by atoms with Gasteiger partial charge in [-0.25, -0.2) is 0 Å². The molecule has 0 aliphatic carbocycles. The molecule has 0 saturated carbocycles. The normalized spacial score (nSPS) is 14.3. The van der Waals surface area contributed by atoms with Crippen LogP contribution in [-0.4, -0.2) is 41.9 Å². The summed E-state index contributed by atoms with van der Waals surface area (Å²) in [5.74, 6) is -0.294. The summed E-state index contributed by atoms with van der Waals surface area (Å²) in [5, 5.41) is 13.6. The molecule has 158 valence electrons. The van der Waals surface area contributed by atoms with Crippen molar-refractivity contribution in [1.29, 1.82) is 0 Å². The lowest BCUT2D eigenvalue weighted by atomic mass is 10.1. The maximum atomic E-state index is 12.4. The van der Waals surface area contributed by atoms with Gasteiger partial charge in [0.05, 0.1) is 4.92 Å². The summed E-state index contributed by atoms with van der Waals surface area (Å²) >= 11 is 0. The van der Waals surface area contributed by atoms with E-state index in [2.05, 4.69) is 39.4 Å². The van der Waals surface area contributed by atoms with Crippen LogP contribution in [-0.2, 0) is 6.54 Å². The molecule has 3 aromatic carbocycles. The van der Waals surface area contributed by atoms with Gasteiger partial charge in [0.15, 0.2) is 0 Å². The number of carbonyl (C=O) groups is 1. The SMILES string of the molecule is O=C(Nc1ccc(N2CCN(Cc3ccccc3)CC2)cc1)c1ccc([N+](=O)[O-])cc1. The molecule has 1 aliphatic heterocycles. The maximum Gasteiger partial charge on any atom is 0.269 e. The number of non-ortho nitro benzene ring substituents is 1. The molecule has 0 unspecified atom stereocenters. The number of nitro benzene ring substituents is 1. The molecule has 1 aliphatic rings. The van der Waals surface area contributed by atoms with Crippen LogP contribution in [0.3, 0.4) is 0 Å². The first kappa shape index (κ1) is 20.6. The van der Waals surface area contributed by atoms with Gasteiger partial charge in [0.2, 0.25) is 0 Å². The van der Waals surface area contributed by atoms with Gasteiger partial charge in [-0.2, -0.15) is 0 Å². The molecule has 1 heterocycles. The minimum atomic E-state index is -0.484. The Balaban J connectivity index is 1.30. The second-order valence-corrected chi connectivity index (χ2v) is 7.55. The van der Waals surface area contributed by atoms with E-state index in [0.29, 0.717) is 11.3 Å². The molecule has 0 bridgehead atoms.